The van der Waals surface area contributed by atoms with Gasteiger partial charge in [-0.1, -0.05) is 6.07 Å². The maximum Gasteiger partial charge on any atom is 0.238 e. The summed E-state index contributed by atoms with van der Waals surface area (Å²) in [6.07, 6.45) is 7.99. The quantitative estimate of drug-likeness (QED) is 0.899. The zero-order valence-electron chi connectivity index (χ0n) is 15.8. The molecule has 2 fully saturated rings. The minimum absolute atomic E-state index is 0.0512. The van der Waals surface area contributed by atoms with Crippen LogP contribution in [0.3, 0.4) is 0 Å². The van der Waals surface area contributed by atoms with Gasteiger partial charge in [-0.15, -0.1) is 0 Å². The van der Waals surface area contributed by atoms with Crippen molar-refractivity contribution in [1.82, 2.24) is 4.90 Å². The smallest absolute Gasteiger partial charge is 0.238 e. The van der Waals surface area contributed by atoms with Gasteiger partial charge in [-0.3, -0.25) is 9.69 Å². The Labute approximate surface area is 156 Å². The molecule has 2 heterocycles. The van der Waals surface area contributed by atoms with Gasteiger partial charge in [0, 0.05) is 32.5 Å². The molecule has 4 rings (SSSR count). The van der Waals surface area contributed by atoms with Crippen LogP contribution in [0.1, 0.15) is 43.2 Å². The topological polar surface area (TPSA) is 50.8 Å². The number of methoxy groups -OCH3 is 1. The SMILES string of the molecule is COC1CN(CC(=O)Nc2ccc3c(c2)CCCC3)CCC12CCCO2. The highest BCUT2D eigenvalue weighted by Gasteiger charge is 2.46. The second-order valence-electron chi connectivity index (χ2n) is 7.97. The molecule has 5 heteroatoms. The Kier molecular flexibility index (Phi) is 5.30. The molecule has 1 aromatic rings. The number of nitrogens with zero attached hydrogens (tertiary/aromatic N) is 1. The lowest BCUT2D eigenvalue weighted by atomic mass is 9.86. The molecule has 26 heavy (non-hydrogen) atoms. The normalized spacial score (nSPS) is 28.9. The van der Waals surface area contributed by atoms with Crippen molar-refractivity contribution in [2.24, 2.45) is 0 Å². The van der Waals surface area contributed by atoms with Crippen molar-refractivity contribution < 1.29 is 14.3 Å². The van der Waals surface area contributed by atoms with Gasteiger partial charge in [0.25, 0.3) is 0 Å². The minimum atomic E-state index is -0.125. The van der Waals surface area contributed by atoms with Crippen LogP contribution in [0.5, 0.6) is 0 Å². The zero-order valence-corrected chi connectivity index (χ0v) is 15.8. The third kappa shape index (κ3) is 3.66. The van der Waals surface area contributed by atoms with Gasteiger partial charge in [0.1, 0.15) is 0 Å². The van der Waals surface area contributed by atoms with Crippen LogP contribution < -0.4 is 5.32 Å². The second kappa shape index (κ2) is 7.67. The Morgan fingerprint density at radius 3 is 2.88 bits per heavy atom. The highest BCUT2D eigenvalue weighted by molar-refractivity contribution is 5.92. The number of hydrogen-bond donors (Lipinski definition) is 1. The number of rotatable bonds is 4. The highest BCUT2D eigenvalue weighted by Crippen LogP contribution is 2.37. The number of fused-ring (bicyclic) bond motifs is 1. The molecular formula is C21H30N2O3. The van der Waals surface area contributed by atoms with E-state index in [0.717, 1.165) is 51.1 Å². The lowest BCUT2D eigenvalue weighted by Gasteiger charge is -2.44. The van der Waals surface area contributed by atoms with Crippen molar-refractivity contribution in [3.63, 3.8) is 0 Å². The van der Waals surface area contributed by atoms with Crippen LogP contribution >= 0.6 is 0 Å². The lowest BCUT2D eigenvalue weighted by molar-refractivity contribution is -0.145. The van der Waals surface area contributed by atoms with Gasteiger partial charge in [-0.25, -0.2) is 0 Å². The summed E-state index contributed by atoms with van der Waals surface area (Å²) in [6, 6.07) is 6.37. The van der Waals surface area contributed by atoms with E-state index in [2.05, 4.69) is 22.3 Å². The number of carbonyl (C=O) groups is 1. The number of likely N-dealkylation sites (tertiary alicyclic amines) is 1. The molecule has 2 atom stereocenters. The minimum Gasteiger partial charge on any atom is -0.377 e. The molecule has 1 aromatic carbocycles. The van der Waals surface area contributed by atoms with E-state index < -0.39 is 0 Å². The molecule has 1 aliphatic carbocycles. The number of aryl methyl sites for hydroxylation is 2. The molecule has 0 bridgehead atoms. The Balaban J connectivity index is 1.34. The Hall–Kier alpha value is -1.43. The van der Waals surface area contributed by atoms with E-state index in [0.29, 0.717) is 6.54 Å². The van der Waals surface area contributed by atoms with Crippen LogP contribution in [0, 0.1) is 0 Å². The Morgan fingerprint density at radius 2 is 2.12 bits per heavy atom. The standard InChI is InChI=1S/C21H30N2O3/c1-25-19-14-23(11-10-21(19)9-4-12-26-21)15-20(24)22-18-8-7-16-5-2-3-6-17(16)13-18/h7-8,13,19H,2-6,9-12,14-15H2,1H3,(H,22,24). The largest absolute Gasteiger partial charge is 0.377 e. The highest BCUT2D eigenvalue weighted by atomic mass is 16.5. The molecule has 1 amide bonds. The van der Waals surface area contributed by atoms with Crippen molar-refractivity contribution >= 4 is 11.6 Å². The summed E-state index contributed by atoms with van der Waals surface area (Å²) in [5.74, 6) is 0.0545. The second-order valence-corrected chi connectivity index (χ2v) is 7.97. The molecule has 0 aromatic heterocycles. The third-order valence-corrected chi connectivity index (χ3v) is 6.28. The molecular weight excluding hydrogens is 328 g/mol. The molecule has 142 valence electrons. The lowest BCUT2D eigenvalue weighted by Crippen LogP contribution is -2.57. The van der Waals surface area contributed by atoms with Crippen LogP contribution in [-0.2, 0) is 27.1 Å². The average molecular weight is 358 g/mol. The van der Waals surface area contributed by atoms with E-state index in [9.17, 15) is 4.79 Å². The van der Waals surface area contributed by atoms with Crippen LogP contribution in [0.4, 0.5) is 5.69 Å². The number of anilines is 1. The monoisotopic (exact) mass is 358 g/mol. The van der Waals surface area contributed by atoms with Crippen LogP contribution in [0.2, 0.25) is 0 Å². The molecule has 2 unspecified atom stereocenters. The van der Waals surface area contributed by atoms with Gasteiger partial charge in [-0.2, -0.15) is 0 Å². The molecule has 2 saturated heterocycles. The average Bonchev–Trinajstić information content (AvgIpc) is 3.12. The summed E-state index contributed by atoms with van der Waals surface area (Å²) in [6.45, 7) is 2.89. The molecule has 1 spiro atoms. The van der Waals surface area contributed by atoms with Gasteiger partial charge < -0.3 is 14.8 Å². The summed E-state index contributed by atoms with van der Waals surface area (Å²) >= 11 is 0. The summed E-state index contributed by atoms with van der Waals surface area (Å²) < 4.78 is 11.8. The van der Waals surface area contributed by atoms with Crippen molar-refractivity contribution in [2.45, 2.75) is 56.7 Å². The van der Waals surface area contributed by atoms with E-state index in [-0.39, 0.29) is 17.6 Å². The maximum absolute atomic E-state index is 12.5. The molecule has 0 saturated carbocycles. The first-order valence-electron chi connectivity index (χ1n) is 9.99. The summed E-state index contributed by atoms with van der Waals surface area (Å²) in [4.78, 5) is 14.7. The number of hydrogen-bond acceptors (Lipinski definition) is 4. The molecule has 5 nitrogen and oxygen atoms in total. The van der Waals surface area contributed by atoms with Crippen LogP contribution in [-0.4, -0.2) is 55.9 Å². The van der Waals surface area contributed by atoms with E-state index in [1.165, 1.54) is 30.4 Å². The number of ether oxygens (including phenoxy) is 2. The number of amides is 1. The van der Waals surface area contributed by atoms with Gasteiger partial charge in [-0.05, 0) is 68.2 Å². The van der Waals surface area contributed by atoms with E-state index in [4.69, 9.17) is 9.47 Å². The van der Waals surface area contributed by atoms with Gasteiger partial charge in [0.2, 0.25) is 5.91 Å². The maximum atomic E-state index is 12.5. The van der Waals surface area contributed by atoms with Crippen molar-refractivity contribution in [3.8, 4) is 0 Å². The number of benzene rings is 1. The summed E-state index contributed by atoms with van der Waals surface area (Å²) in [5.41, 5.74) is 3.63. The van der Waals surface area contributed by atoms with Crippen LogP contribution in [0.15, 0.2) is 18.2 Å². The van der Waals surface area contributed by atoms with Gasteiger partial charge >= 0.3 is 0 Å². The Morgan fingerprint density at radius 1 is 1.27 bits per heavy atom. The first-order chi connectivity index (χ1) is 12.7. The van der Waals surface area contributed by atoms with Crippen molar-refractivity contribution in [2.75, 3.05) is 38.7 Å². The van der Waals surface area contributed by atoms with E-state index >= 15 is 0 Å². The van der Waals surface area contributed by atoms with E-state index in [1.54, 1.807) is 7.11 Å². The predicted molar refractivity (Wildman–Crippen MR) is 101 cm³/mol. The summed E-state index contributed by atoms with van der Waals surface area (Å²) in [5, 5.41) is 3.08. The molecule has 3 aliphatic rings. The third-order valence-electron chi connectivity index (χ3n) is 6.28. The number of piperidine rings is 1. The molecule has 2 aliphatic heterocycles. The van der Waals surface area contributed by atoms with Crippen molar-refractivity contribution in [3.05, 3.63) is 29.3 Å². The number of carbonyl (C=O) groups excluding carboxylic acids is 1. The number of nitrogens with one attached hydrogen (secondary N) is 1. The Bertz CT molecular complexity index is 655. The van der Waals surface area contributed by atoms with Gasteiger partial charge in [0.15, 0.2) is 0 Å². The first-order valence-corrected chi connectivity index (χ1v) is 9.99. The fourth-order valence-corrected chi connectivity index (χ4v) is 4.82. The summed E-state index contributed by atoms with van der Waals surface area (Å²) in [7, 11) is 1.75. The fraction of sp³-hybridized carbons (Fsp3) is 0.667. The molecule has 0 radical (unpaired) electrons. The first kappa shape index (κ1) is 18.0. The van der Waals surface area contributed by atoms with Gasteiger partial charge in [0.05, 0.1) is 18.2 Å². The van der Waals surface area contributed by atoms with E-state index in [1.807, 2.05) is 6.07 Å². The molecule has 1 N–H and O–H groups in total. The van der Waals surface area contributed by atoms with Crippen LogP contribution in [0.25, 0.3) is 0 Å². The zero-order chi connectivity index (χ0) is 18.0. The predicted octanol–water partition coefficient (Wildman–Crippen LogP) is 2.77. The van der Waals surface area contributed by atoms with Crippen molar-refractivity contribution in [1.29, 1.82) is 0 Å². The fourth-order valence-electron chi connectivity index (χ4n) is 4.82.